The van der Waals surface area contributed by atoms with Crippen LogP contribution in [0.4, 0.5) is 4.79 Å². The van der Waals surface area contributed by atoms with Gasteiger partial charge in [0.05, 0.1) is 13.0 Å². The number of hydrogen-bond donors (Lipinski definition) is 1. The van der Waals surface area contributed by atoms with Crippen LogP contribution in [-0.4, -0.2) is 53.1 Å². The predicted molar refractivity (Wildman–Crippen MR) is 58.8 cm³/mol. The molecule has 0 saturated carbocycles. The van der Waals surface area contributed by atoms with E-state index in [4.69, 9.17) is 11.5 Å². The van der Waals surface area contributed by atoms with Gasteiger partial charge in [0.2, 0.25) is 0 Å². The maximum Gasteiger partial charge on any atom is 0.320 e. The van der Waals surface area contributed by atoms with Crippen LogP contribution in [0, 0.1) is 12.3 Å². The van der Waals surface area contributed by atoms with Crippen molar-refractivity contribution >= 4 is 12.0 Å². The third-order valence-corrected chi connectivity index (χ3v) is 2.69. The Morgan fingerprint density at radius 1 is 1.62 bits per heavy atom. The fraction of sp³-hybridized carbons (Fsp3) is 0.636. The Morgan fingerprint density at radius 2 is 2.31 bits per heavy atom. The van der Waals surface area contributed by atoms with E-state index in [9.17, 15) is 9.59 Å². The second-order valence-electron chi connectivity index (χ2n) is 3.93. The van der Waals surface area contributed by atoms with Crippen LogP contribution in [0.1, 0.15) is 19.3 Å². The van der Waals surface area contributed by atoms with E-state index in [0.29, 0.717) is 6.54 Å². The summed E-state index contributed by atoms with van der Waals surface area (Å²) in [6.07, 6.45) is 6.74. The van der Waals surface area contributed by atoms with Gasteiger partial charge in [0.25, 0.3) is 0 Å². The molecule has 1 N–H and O–H groups in total. The number of carboxylic acid groups (broad SMARTS) is 1. The molecular weight excluding hydrogens is 208 g/mol. The molecule has 5 heteroatoms. The van der Waals surface area contributed by atoms with Crippen LogP contribution in [-0.2, 0) is 4.79 Å². The van der Waals surface area contributed by atoms with Gasteiger partial charge < -0.3 is 14.9 Å². The Hall–Kier alpha value is -1.70. The zero-order valence-corrected chi connectivity index (χ0v) is 9.35. The van der Waals surface area contributed by atoms with Crippen molar-refractivity contribution in [3.63, 3.8) is 0 Å². The smallest absolute Gasteiger partial charge is 0.320 e. The summed E-state index contributed by atoms with van der Waals surface area (Å²) in [6, 6.07) is -0.369. The lowest BCUT2D eigenvalue weighted by molar-refractivity contribution is -0.137. The number of urea groups is 1. The summed E-state index contributed by atoms with van der Waals surface area (Å²) in [6.45, 7) is 0.862. The highest BCUT2D eigenvalue weighted by molar-refractivity contribution is 5.76. The van der Waals surface area contributed by atoms with Crippen LogP contribution in [0.25, 0.3) is 0 Å². The summed E-state index contributed by atoms with van der Waals surface area (Å²) >= 11 is 0. The largest absolute Gasteiger partial charge is 0.481 e. The van der Waals surface area contributed by atoms with Gasteiger partial charge in [-0.15, -0.1) is 6.42 Å². The quantitative estimate of drug-likeness (QED) is 0.714. The molecule has 0 radical (unpaired) electrons. The molecule has 1 atom stereocenters. The van der Waals surface area contributed by atoms with Crippen LogP contribution in [0.3, 0.4) is 0 Å². The minimum atomic E-state index is -0.871. The molecule has 1 heterocycles. The minimum Gasteiger partial charge on any atom is -0.481 e. The van der Waals surface area contributed by atoms with Crippen LogP contribution in [0.15, 0.2) is 0 Å². The maximum atomic E-state index is 11.9. The molecule has 5 nitrogen and oxygen atoms in total. The van der Waals surface area contributed by atoms with Gasteiger partial charge in [-0.3, -0.25) is 4.79 Å². The van der Waals surface area contributed by atoms with Gasteiger partial charge in [0.15, 0.2) is 0 Å². The number of rotatable bonds is 3. The minimum absolute atomic E-state index is 0.00956. The fourth-order valence-electron chi connectivity index (χ4n) is 1.93. The van der Waals surface area contributed by atoms with E-state index in [1.807, 2.05) is 0 Å². The molecule has 16 heavy (non-hydrogen) atoms. The van der Waals surface area contributed by atoms with E-state index in [2.05, 4.69) is 5.92 Å². The normalized spacial score (nSPS) is 19.2. The Labute approximate surface area is 95.0 Å². The Bertz CT molecular complexity index is 322. The number of likely N-dealkylation sites (tertiary alicyclic amines) is 1. The third-order valence-electron chi connectivity index (χ3n) is 2.69. The Balaban J connectivity index is 2.61. The highest BCUT2D eigenvalue weighted by Crippen LogP contribution is 2.21. The molecule has 0 aromatic carbocycles. The SMILES string of the molecule is C#CCN(C)C(=O)N1CCCC1CC(=O)O. The number of carbonyl (C=O) groups excluding carboxylic acids is 1. The van der Waals surface area contributed by atoms with E-state index < -0.39 is 5.97 Å². The monoisotopic (exact) mass is 224 g/mol. The first kappa shape index (κ1) is 12.4. The molecule has 1 aliphatic rings. The van der Waals surface area contributed by atoms with Gasteiger partial charge in [0, 0.05) is 19.6 Å². The first-order valence-corrected chi connectivity index (χ1v) is 5.23. The third kappa shape index (κ3) is 2.89. The molecule has 0 aromatic heterocycles. The molecule has 0 spiro atoms. The molecule has 88 valence electrons. The molecule has 0 aliphatic carbocycles. The van der Waals surface area contributed by atoms with Crippen LogP contribution >= 0.6 is 0 Å². The zero-order chi connectivity index (χ0) is 12.1. The summed E-state index contributed by atoms with van der Waals surface area (Å²) in [4.78, 5) is 25.6. The number of amides is 2. The summed E-state index contributed by atoms with van der Waals surface area (Å²) in [5.41, 5.74) is 0. The number of carboxylic acids is 1. The number of nitrogens with zero attached hydrogens (tertiary/aromatic N) is 2. The van der Waals surface area contributed by atoms with Crippen molar-refractivity contribution in [3.8, 4) is 12.3 Å². The molecule has 1 saturated heterocycles. The van der Waals surface area contributed by atoms with Crippen LogP contribution < -0.4 is 0 Å². The standard InChI is InChI=1S/C11H16N2O3/c1-3-6-12(2)11(16)13-7-4-5-9(13)8-10(14)15/h1,9H,4-8H2,2H3,(H,14,15). The van der Waals surface area contributed by atoms with Crippen molar-refractivity contribution in [2.24, 2.45) is 0 Å². The lowest BCUT2D eigenvalue weighted by Crippen LogP contribution is -2.44. The van der Waals surface area contributed by atoms with Crippen molar-refractivity contribution in [2.45, 2.75) is 25.3 Å². The molecule has 1 aliphatic heterocycles. The van der Waals surface area contributed by atoms with Gasteiger partial charge in [-0.25, -0.2) is 4.79 Å². The molecule has 0 aromatic rings. The van der Waals surface area contributed by atoms with Crippen LogP contribution in [0.2, 0.25) is 0 Å². The average molecular weight is 224 g/mol. The van der Waals surface area contributed by atoms with Crippen molar-refractivity contribution in [1.29, 1.82) is 0 Å². The highest BCUT2D eigenvalue weighted by atomic mass is 16.4. The van der Waals surface area contributed by atoms with Gasteiger partial charge in [-0.1, -0.05) is 5.92 Å². The van der Waals surface area contributed by atoms with Crippen molar-refractivity contribution in [2.75, 3.05) is 20.1 Å². The topological polar surface area (TPSA) is 60.9 Å². The van der Waals surface area contributed by atoms with E-state index in [1.165, 1.54) is 4.90 Å². The Morgan fingerprint density at radius 3 is 2.88 bits per heavy atom. The second kappa shape index (κ2) is 5.40. The van der Waals surface area contributed by atoms with Crippen molar-refractivity contribution in [3.05, 3.63) is 0 Å². The number of aliphatic carboxylic acids is 1. The summed E-state index contributed by atoms with van der Waals surface area (Å²) in [7, 11) is 1.62. The molecule has 1 unspecified atom stereocenters. The van der Waals surface area contributed by atoms with Crippen molar-refractivity contribution < 1.29 is 14.7 Å². The van der Waals surface area contributed by atoms with E-state index in [0.717, 1.165) is 12.8 Å². The molecule has 1 rings (SSSR count). The molecule has 1 fully saturated rings. The Kier molecular flexibility index (Phi) is 4.18. The van der Waals surface area contributed by atoms with Crippen LogP contribution in [0.5, 0.6) is 0 Å². The van der Waals surface area contributed by atoms with Gasteiger partial charge in [-0.05, 0) is 12.8 Å². The van der Waals surface area contributed by atoms with Crippen molar-refractivity contribution in [1.82, 2.24) is 9.80 Å². The maximum absolute atomic E-state index is 11.9. The first-order chi connectivity index (χ1) is 7.56. The number of hydrogen-bond acceptors (Lipinski definition) is 2. The van der Waals surface area contributed by atoms with E-state index in [-0.39, 0.29) is 25.0 Å². The summed E-state index contributed by atoms with van der Waals surface area (Å²) in [5, 5.41) is 8.73. The molecule has 0 bridgehead atoms. The highest BCUT2D eigenvalue weighted by Gasteiger charge is 2.31. The first-order valence-electron chi connectivity index (χ1n) is 5.23. The number of carbonyl (C=O) groups is 2. The van der Waals surface area contributed by atoms with E-state index in [1.54, 1.807) is 11.9 Å². The predicted octanol–water partition coefficient (Wildman–Crippen LogP) is 0.611. The molecular formula is C11H16N2O3. The lowest BCUT2D eigenvalue weighted by atomic mass is 10.1. The van der Waals surface area contributed by atoms with E-state index >= 15 is 0 Å². The average Bonchev–Trinajstić information content (AvgIpc) is 2.64. The second-order valence-corrected chi connectivity index (χ2v) is 3.93. The summed E-state index contributed by atoms with van der Waals surface area (Å²) < 4.78 is 0. The van der Waals surface area contributed by atoms with Gasteiger partial charge in [-0.2, -0.15) is 0 Å². The zero-order valence-electron chi connectivity index (χ0n) is 9.35. The fourth-order valence-corrected chi connectivity index (χ4v) is 1.93. The lowest BCUT2D eigenvalue weighted by Gasteiger charge is -2.27. The van der Waals surface area contributed by atoms with Gasteiger partial charge in [0.1, 0.15) is 0 Å². The number of terminal acetylenes is 1. The molecule has 2 amide bonds. The summed E-state index contributed by atoms with van der Waals surface area (Å²) in [5.74, 6) is 1.52. The van der Waals surface area contributed by atoms with Gasteiger partial charge >= 0.3 is 12.0 Å².